The van der Waals surface area contributed by atoms with Crippen molar-refractivity contribution in [2.75, 3.05) is 0 Å². The second kappa shape index (κ2) is 3.84. The first kappa shape index (κ1) is 9.44. The highest BCUT2D eigenvalue weighted by Gasteiger charge is 2.06. The van der Waals surface area contributed by atoms with Crippen LogP contribution < -0.4 is 4.74 Å². The quantitative estimate of drug-likeness (QED) is 0.735. The number of ether oxygens (including phenoxy) is 1. The lowest BCUT2D eigenvalue weighted by molar-refractivity contribution is -0.0499. The second-order valence-electron chi connectivity index (χ2n) is 2.26. The van der Waals surface area contributed by atoms with Crippen molar-refractivity contribution < 1.29 is 23.4 Å². The molecule has 0 unspecified atom stereocenters. The molecule has 0 heterocycles. The number of aldehydes is 1. The lowest BCUT2D eigenvalue weighted by Crippen LogP contribution is -2.02. The van der Waals surface area contributed by atoms with Crippen molar-refractivity contribution in [1.82, 2.24) is 0 Å². The van der Waals surface area contributed by atoms with Gasteiger partial charge in [0.1, 0.15) is 17.8 Å². The van der Waals surface area contributed by atoms with Gasteiger partial charge in [0, 0.05) is 11.6 Å². The average molecular weight is 188 g/mol. The van der Waals surface area contributed by atoms with Crippen molar-refractivity contribution >= 4 is 6.29 Å². The molecule has 3 nitrogen and oxygen atoms in total. The van der Waals surface area contributed by atoms with Crippen molar-refractivity contribution in [2.45, 2.75) is 6.61 Å². The van der Waals surface area contributed by atoms with Crippen LogP contribution in [0.2, 0.25) is 0 Å². The molecular weight excluding hydrogens is 182 g/mol. The van der Waals surface area contributed by atoms with Crippen molar-refractivity contribution in [3.05, 3.63) is 23.8 Å². The number of carbonyl (C=O) groups excluding carboxylic acids is 1. The zero-order chi connectivity index (χ0) is 9.84. The highest BCUT2D eigenvalue weighted by Crippen LogP contribution is 2.22. The molecule has 0 spiro atoms. The Bertz CT molecular complexity index is 312. The van der Waals surface area contributed by atoms with Gasteiger partial charge < -0.3 is 9.84 Å². The summed E-state index contributed by atoms with van der Waals surface area (Å²) in [5.74, 6) is -0.530. The molecule has 0 saturated carbocycles. The van der Waals surface area contributed by atoms with E-state index in [0.717, 1.165) is 18.2 Å². The summed E-state index contributed by atoms with van der Waals surface area (Å²) in [6.07, 6.45) is 0.429. The molecule has 0 aliphatic heterocycles. The first-order chi connectivity index (χ1) is 6.11. The molecule has 0 saturated heterocycles. The molecule has 0 aliphatic carbocycles. The zero-order valence-electron chi connectivity index (χ0n) is 6.41. The van der Waals surface area contributed by atoms with Crippen molar-refractivity contribution in [3.63, 3.8) is 0 Å². The number of carbonyl (C=O) groups is 1. The predicted molar refractivity (Wildman–Crippen MR) is 40.1 cm³/mol. The minimum atomic E-state index is -2.97. The maximum atomic E-state index is 11.7. The molecule has 0 atom stereocenters. The molecule has 5 heteroatoms. The van der Waals surface area contributed by atoms with Gasteiger partial charge in [-0.05, 0) is 12.1 Å². The van der Waals surface area contributed by atoms with Crippen LogP contribution in [0.4, 0.5) is 8.78 Å². The first-order valence-corrected chi connectivity index (χ1v) is 3.36. The number of benzene rings is 1. The number of rotatable bonds is 3. The van der Waals surface area contributed by atoms with Gasteiger partial charge in [-0.2, -0.15) is 8.78 Å². The van der Waals surface area contributed by atoms with E-state index in [9.17, 15) is 13.6 Å². The van der Waals surface area contributed by atoms with Crippen LogP contribution in [0.1, 0.15) is 10.4 Å². The summed E-state index contributed by atoms with van der Waals surface area (Å²) < 4.78 is 27.4. The van der Waals surface area contributed by atoms with E-state index in [1.807, 2.05) is 0 Å². The molecule has 1 aromatic rings. The minimum absolute atomic E-state index is 0.0793. The third-order valence-electron chi connectivity index (χ3n) is 1.27. The van der Waals surface area contributed by atoms with Gasteiger partial charge in [-0.15, -0.1) is 0 Å². The fourth-order valence-electron chi connectivity index (χ4n) is 0.845. The maximum absolute atomic E-state index is 11.7. The Labute approximate surface area is 72.6 Å². The summed E-state index contributed by atoms with van der Waals surface area (Å²) in [4.78, 5) is 10.2. The SMILES string of the molecule is O=Cc1cc(O)cc(OC(F)F)c1. The number of halogens is 2. The number of alkyl halides is 2. The Balaban J connectivity index is 2.94. The Kier molecular flexibility index (Phi) is 2.79. The molecule has 0 aliphatic rings. The van der Waals surface area contributed by atoms with Crippen LogP contribution in [0.25, 0.3) is 0 Å². The van der Waals surface area contributed by atoms with E-state index in [1.54, 1.807) is 0 Å². The number of aromatic hydroxyl groups is 1. The Morgan fingerprint density at radius 1 is 1.38 bits per heavy atom. The van der Waals surface area contributed by atoms with E-state index in [1.165, 1.54) is 0 Å². The van der Waals surface area contributed by atoms with Crippen LogP contribution in [0.15, 0.2) is 18.2 Å². The minimum Gasteiger partial charge on any atom is -0.508 e. The summed E-state index contributed by atoms with van der Waals surface area (Å²) in [6.45, 7) is -2.97. The van der Waals surface area contributed by atoms with Gasteiger partial charge in [0.25, 0.3) is 0 Å². The van der Waals surface area contributed by atoms with E-state index >= 15 is 0 Å². The third-order valence-corrected chi connectivity index (χ3v) is 1.27. The van der Waals surface area contributed by atoms with Crippen LogP contribution in [0.3, 0.4) is 0 Å². The Morgan fingerprint density at radius 3 is 2.62 bits per heavy atom. The molecule has 0 radical (unpaired) electrons. The zero-order valence-corrected chi connectivity index (χ0v) is 6.41. The molecule has 0 amide bonds. The largest absolute Gasteiger partial charge is 0.508 e. The van der Waals surface area contributed by atoms with Gasteiger partial charge in [-0.3, -0.25) is 4.79 Å². The highest BCUT2D eigenvalue weighted by atomic mass is 19.3. The van der Waals surface area contributed by atoms with Crippen molar-refractivity contribution in [2.24, 2.45) is 0 Å². The van der Waals surface area contributed by atoms with E-state index in [4.69, 9.17) is 5.11 Å². The van der Waals surface area contributed by atoms with Gasteiger partial charge in [-0.25, -0.2) is 0 Å². The predicted octanol–water partition coefficient (Wildman–Crippen LogP) is 1.81. The number of hydrogen-bond donors (Lipinski definition) is 1. The second-order valence-corrected chi connectivity index (χ2v) is 2.26. The van der Waals surface area contributed by atoms with Gasteiger partial charge in [-0.1, -0.05) is 0 Å². The van der Waals surface area contributed by atoms with Crippen LogP contribution >= 0.6 is 0 Å². The molecule has 1 rings (SSSR count). The van der Waals surface area contributed by atoms with Crippen LogP contribution in [0, 0.1) is 0 Å². The Hall–Kier alpha value is -1.65. The van der Waals surface area contributed by atoms with Crippen molar-refractivity contribution in [1.29, 1.82) is 0 Å². The molecule has 0 bridgehead atoms. The van der Waals surface area contributed by atoms with Gasteiger partial charge >= 0.3 is 6.61 Å². The van der Waals surface area contributed by atoms with Gasteiger partial charge in [0.2, 0.25) is 0 Å². The fraction of sp³-hybridized carbons (Fsp3) is 0.125. The molecule has 13 heavy (non-hydrogen) atoms. The van der Waals surface area contributed by atoms with E-state index in [-0.39, 0.29) is 17.1 Å². The monoisotopic (exact) mass is 188 g/mol. The van der Waals surface area contributed by atoms with Crippen LogP contribution in [0.5, 0.6) is 11.5 Å². The first-order valence-electron chi connectivity index (χ1n) is 3.36. The van der Waals surface area contributed by atoms with E-state index in [0.29, 0.717) is 6.29 Å². The third kappa shape index (κ3) is 2.70. The standard InChI is InChI=1S/C8H6F2O3/c9-8(10)13-7-2-5(4-11)1-6(12)3-7/h1-4,8,12H. The van der Waals surface area contributed by atoms with E-state index < -0.39 is 6.61 Å². The van der Waals surface area contributed by atoms with Gasteiger partial charge in [0.15, 0.2) is 0 Å². The van der Waals surface area contributed by atoms with Crippen LogP contribution in [-0.4, -0.2) is 18.0 Å². The smallest absolute Gasteiger partial charge is 0.387 e. The molecular formula is C8H6F2O3. The summed E-state index contributed by atoms with van der Waals surface area (Å²) in [5, 5.41) is 8.95. The topological polar surface area (TPSA) is 46.5 Å². The van der Waals surface area contributed by atoms with Gasteiger partial charge in [0.05, 0.1) is 0 Å². The molecule has 0 fully saturated rings. The normalized spacial score (nSPS) is 10.1. The Morgan fingerprint density at radius 2 is 2.08 bits per heavy atom. The van der Waals surface area contributed by atoms with Crippen LogP contribution in [-0.2, 0) is 0 Å². The molecule has 70 valence electrons. The highest BCUT2D eigenvalue weighted by molar-refractivity contribution is 5.76. The lowest BCUT2D eigenvalue weighted by atomic mass is 10.2. The summed E-state index contributed by atoms with van der Waals surface area (Å²) in [7, 11) is 0. The number of hydrogen-bond acceptors (Lipinski definition) is 3. The molecule has 1 aromatic carbocycles. The molecule has 0 aromatic heterocycles. The number of phenolic OH excluding ortho intramolecular Hbond substituents is 1. The van der Waals surface area contributed by atoms with Crippen molar-refractivity contribution in [3.8, 4) is 11.5 Å². The lowest BCUT2D eigenvalue weighted by Gasteiger charge is -2.04. The number of phenols is 1. The summed E-state index contributed by atoms with van der Waals surface area (Å²) in [5.41, 5.74) is 0.0793. The molecule has 1 N–H and O–H groups in total. The van der Waals surface area contributed by atoms with E-state index in [2.05, 4.69) is 4.74 Å². The maximum Gasteiger partial charge on any atom is 0.387 e. The fourth-order valence-corrected chi connectivity index (χ4v) is 0.845. The average Bonchev–Trinajstić information content (AvgIpc) is 2.01. The summed E-state index contributed by atoms with van der Waals surface area (Å²) >= 11 is 0. The summed E-state index contributed by atoms with van der Waals surface area (Å²) in [6, 6.07) is 3.25.